The van der Waals surface area contributed by atoms with E-state index in [1.807, 2.05) is 17.5 Å². The van der Waals surface area contributed by atoms with Gasteiger partial charge in [0.25, 0.3) is 0 Å². The molecule has 3 rings (SSSR count). The molecule has 0 saturated carbocycles. The number of nitrogens with zero attached hydrogens (tertiary/aromatic N) is 1. The molecular weight excluding hydrogens is 366 g/mol. The highest BCUT2D eigenvalue weighted by molar-refractivity contribution is 7.13. The fourth-order valence-corrected chi connectivity index (χ4v) is 3.40. The zero-order valence-corrected chi connectivity index (χ0v) is 15.2. The Morgan fingerprint density at radius 1 is 1.12 bits per heavy atom. The van der Waals surface area contributed by atoms with E-state index in [4.69, 9.17) is 23.2 Å². The molecule has 2 nitrogen and oxygen atoms in total. The lowest BCUT2D eigenvalue weighted by atomic mass is 10.1. The summed E-state index contributed by atoms with van der Waals surface area (Å²) in [6, 6.07) is 12.1. The van der Waals surface area contributed by atoms with Crippen LogP contribution in [0.4, 0.5) is 4.39 Å². The number of halogens is 3. The summed E-state index contributed by atoms with van der Waals surface area (Å²) >= 11 is 13.6. The van der Waals surface area contributed by atoms with E-state index in [0.717, 1.165) is 21.8 Å². The van der Waals surface area contributed by atoms with Crippen LogP contribution in [0.3, 0.4) is 0 Å². The van der Waals surface area contributed by atoms with Gasteiger partial charge in [0.05, 0.1) is 15.7 Å². The second kappa shape index (κ2) is 7.62. The molecule has 124 valence electrons. The van der Waals surface area contributed by atoms with E-state index in [9.17, 15) is 4.39 Å². The highest BCUT2D eigenvalue weighted by atomic mass is 35.5. The predicted molar refractivity (Wildman–Crippen MR) is 99.2 cm³/mol. The third-order valence-electron chi connectivity index (χ3n) is 3.68. The van der Waals surface area contributed by atoms with Gasteiger partial charge in [0, 0.05) is 23.5 Å². The van der Waals surface area contributed by atoms with Crippen molar-refractivity contribution in [3.05, 3.63) is 75.0 Å². The van der Waals surface area contributed by atoms with Crippen molar-refractivity contribution in [2.45, 2.75) is 19.5 Å². The highest BCUT2D eigenvalue weighted by Gasteiger charge is 2.09. The van der Waals surface area contributed by atoms with E-state index in [1.165, 1.54) is 12.1 Å². The number of rotatable bonds is 5. The lowest BCUT2D eigenvalue weighted by molar-refractivity contribution is 0.569. The molecule has 1 N–H and O–H groups in total. The van der Waals surface area contributed by atoms with Crippen LogP contribution in [0.25, 0.3) is 10.6 Å². The molecule has 1 aromatic heterocycles. The van der Waals surface area contributed by atoms with E-state index < -0.39 is 0 Å². The molecule has 0 amide bonds. The number of benzene rings is 2. The first-order valence-corrected chi connectivity index (χ1v) is 9.05. The minimum absolute atomic E-state index is 0.121. The van der Waals surface area contributed by atoms with Crippen LogP contribution < -0.4 is 5.32 Å². The highest BCUT2D eigenvalue weighted by Crippen LogP contribution is 2.26. The second-order valence-electron chi connectivity index (χ2n) is 5.43. The van der Waals surface area contributed by atoms with E-state index >= 15 is 0 Å². The van der Waals surface area contributed by atoms with Crippen LogP contribution in [0, 0.1) is 5.82 Å². The van der Waals surface area contributed by atoms with Gasteiger partial charge in [-0.15, -0.1) is 11.3 Å². The summed E-state index contributed by atoms with van der Waals surface area (Å²) in [5, 5.41) is 7.41. The van der Waals surface area contributed by atoms with Crippen molar-refractivity contribution in [2.75, 3.05) is 0 Å². The number of hydrogen-bond donors (Lipinski definition) is 1. The van der Waals surface area contributed by atoms with Gasteiger partial charge in [-0.25, -0.2) is 9.37 Å². The zero-order valence-electron chi connectivity index (χ0n) is 12.9. The maximum absolute atomic E-state index is 13.0. The normalized spacial score (nSPS) is 12.3. The molecule has 1 atom stereocenters. The lowest BCUT2D eigenvalue weighted by Gasteiger charge is -2.14. The molecule has 0 aliphatic heterocycles. The molecule has 3 aromatic rings. The lowest BCUT2D eigenvalue weighted by Crippen LogP contribution is -2.18. The van der Waals surface area contributed by atoms with Gasteiger partial charge in [0.2, 0.25) is 0 Å². The number of aromatic nitrogens is 1. The number of thiazole rings is 1. The van der Waals surface area contributed by atoms with Crippen molar-refractivity contribution in [2.24, 2.45) is 0 Å². The van der Waals surface area contributed by atoms with Crippen molar-refractivity contribution >= 4 is 34.5 Å². The molecule has 0 aliphatic rings. The van der Waals surface area contributed by atoms with Crippen LogP contribution in [-0.4, -0.2) is 4.98 Å². The Morgan fingerprint density at radius 2 is 1.88 bits per heavy atom. The van der Waals surface area contributed by atoms with Crippen LogP contribution >= 0.6 is 34.5 Å². The first-order chi connectivity index (χ1) is 11.5. The van der Waals surface area contributed by atoms with Crippen molar-refractivity contribution in [1.82, 2.24) is 10.3 Å². The molecule has 0 aliphatic carbocycles. The summed E-state index contributed by atoms with van der Waals surface area (Å²) in [5.74, 6) is -0.243. The largest absolute Gasteiger partial charge is 0.305 e. The Morgan fingerprint density at radius 3 is 2.58 bits per heavy atom. The summed E-state index contributed by atoms with van der Waals surface area (Å²) in [4.78, 5) is 4.59. The van der Waals surface area contributed by atoms with Gasteiger partial charge < -0.3 is 5.32 Å². The molecular formula is C18H15Cl2FN2S. The number of nitrogens with one attached hydrogen (secondary N) is 1. The summed E-state index contributed by atoms with van der Waals surface area (Å²) in [5.41, 5.74) is 2.94. The van der Waals surface area contributed by atoms with Gasteiger partial charge in [0.15, 0.2) is 0 Å². The Balaban J connectivity index is 1.64. The van der Waals surface area contributed by atoms with Gasteiger partial charge in [-0.05, 0) is 48.9 Å². The topological polar surface area (TPSA) is 24.9 Å². The Kier molecular flexibility index (Phi) is 5.51. The van der Waals surface area contributed by atoms with Gasteiger partial charge >= 0.3 is 0 Å². The van der Waals surface area contributed by atoms with Crippen molar-refractivity contribution in [3.63, 3.8) is 0 Å². The zero-order chi connectivity index (χ0) is 17.1. The van der Waals surface area contributed by atoms with Crippen molar-refractivity contribution in [3.8, 4) is 10.6 Å². The second-order valence-corrected chi connectivity index (χ2v) is 7.10. The van der Waals surface area contributed by atoms with Crippen molar-refractivity contribution in [1.29, 1.82) is 0 Å². The summed E-state index contributed by atoms with van der Waals surface area (Å²) < 4.78 is 13.0. The smallest absolute Gasteiger partial charge is 0.123 e. The van der Waals surface area contributed by atoms with Crippen LogP contribution in [0.1, 0.15) is 24.2 Å². The summed E-state index contributed by atoms with van der Waals surface area (Å²) in [7, 11) is 0. The third-order valence-corrected chi connectivity index (χ3v) is 5.36. The van der Waals surface area contributed by atoms with Gasteiger partial charge in [-0.1, -0.05) is 29.3 Å². The van der Waals surface area contributed by atoms with Gasteiger partial charge in [-0.3, -0.25) is 0 Å². The standard InChI is InChI=1S/C18H15Cl2FN2S/c1-11(13-4-7-16(19)17(20)8-13)22-9-15-10-24-18(23-15)12-2-5-14(21)6-3-12/h2-8,10-11,22H,9H2,1H3. The van der Waals surface area contributed by atoms with Crippen LogP contribution in [0.15, 0.2) is 47.8 Å². The molecule has 2 aromatic carbocycles. The van der Waals surface area contributed by atoms with Crippen LogP contribution in [0.5, 0.6) is 0 Å². The average molecular weight is 381 g/mol. The molecule has 1 unspecified atom stereocenters. The first kappa shape index (κ1) is 17.4. The maximum Gasteiger partial charge on any atom is 0.123 e. The van der Waals surface area contributed by atoms with Crippen LogP contribution in [0.2, 0.25) is 10.0 Å². The molecule has 0 saturated heterocycles. The SMILES string of the molecule is CC(NCc1csc(-c2ccc(F)cc2)n1)c1ccc(Cl)c(Cl)c1. The molecule has 24 heavy (non-hydrogen) atoms. The van der Waals surface area contributed by atoms with E-state index in [0.29, 0.717) is 16.6 Å². The monoisotopic (exact) mass is 380 g/mol. The quantitative estimate of drug-likeness (QED) is 0.577. The predicted octanol–water partition coefficient (Wildman–Crippen LogP) is 6.11. The van der Waals surface area contributed by atoms with Gasteiger partial charge in [-0.2, -0.15) is 0 Å². The van der Waals surface area contributed by atoms with Gasteiger partial charge in [0.1, 0.15) is 10.8 Å². The van der Waals surface area contributed by atoms with E-state index in [1.54, 1.807) is 29.5 Å². The molecule has 0 bridgehead atoms. The number of hydrogen-bond acceptors (Lipinski definition) is 3. The Labute approximate surface area is 154 Å². The Hall–Kier alpha value is -1.46. The average Bonchev–Trinajstić information content (AvgIpc) is 3.05. The minimum Gasteiger partial charge on any atom is -0.305 e. The third kappa shape index (κ3) is 4.14. The Bertz CT molecular complexity index is 833. The summed E-state index contributed by atoms with van der Waals surface area (Å²) in [6.07, 6.45) is 0. The van der Waals surface area contributed by atoms with E-state index in [-0.39, 0.29) is 11.9 Å². The van der Waals surface area contributed by atoms with E-state index in [2.05, 4.69) is 17.2 Å². The minimum atomic E-state index is -0.243. The molecule has 0 radical (unpaired) electrons. The molecule has 0 fully saturated rings. The molecule has 1 heterocycles. The molecule has 0 spiro atoms. The summed E-state index contributed by atoms with van der Waals surface area (Å²) in [6.45, 7) is 2.70. The van der Waals surface area contributed by atoms with Crippen molar-refractivity contribution < 1.29 is 4.39 Å². The molecule has 6 heteroatoms. The first-order valence-electron chi connectivity index (χ1n) is 7.41. The van der Waals surface area contributed by atoms with Crippen LogP contribution in [-0.2, 0) is 6.54 Å². The fourth-order valence-electron chi connectivity index (χ4n) is 2.27. The fraction of sp³-hybridized carbons (Fsp3) is 0.167. The maximum atomic E-state index is 13.0.